The number of hydrogen-bond donors (Lipinski definition) is 0. The summed E-state index contributed by atoms with van der Waals surface area (Å²) in [6, 6.07) is 56.6. The Kier molecular flexibility index (Phi) is 7.21. The molecule has 0 saturated carbocycles. The highest BCUT2D eigenvalue weighted by Gasteiger charge is 2.18. The van der Waals surface area contributed by atoms with Gasteiger partial charge in [0.25, 0.3) is 0 Å². The van der Waals surface area contributed by atoms with E-state index in [9.17, 15) is 0 Å². The van der Waals surface area contributed by atoms with Gasteiger partial charge in [0.05, 0.1) is 11.0 Å². The summed E-state index contributed by atoms with van der Waals surface area (Å²) in [5.41, 5.74) is 15.9. The number of nitrogens with zero attached hydrogens (tertiary/aromatic N) is 2. The minimum atomic E-state index is 0.358. The van der Waals surface area contributed by atoms with Gasteiger partial charge >= 0.3 is 0 Å². The number of aromatic nitrogens is 2. The van der Waals surface area contributed by atoms with Crippen LogP contribution >= 0.6 is 0 Å². The van der Waals surface area contributed by atoms with Gasteiger partial charge < -0.3 is 8.98 Å². The van der Waals surface area contributed by atoms with Gasteiger partial charge in [-0.1, -0.05) is 123 Å². The lowest BCUT2D eigenvalue weighted by molar-refractivity contribution is 0.611. The average Bonchev–Trinajstić information content (AvgIpc) is 3.74. The first kappa shape index (κ1) is 29.9. The van der Waals surface area contributed by atoms with Crippen molar-refractivity contribution in [2.24, 2.45) is 0 Å². The third kappa shape index (κ3) is 5.02. The average molecular weight is 645 g/mol. The van der Waals surface area contributed by atoms with Gasteiger partial charge in [-0.15, -0.1) is 0 Å². The Labute approximate surface area is 292 Å². The summed E-state index contributed by atoms with van der Waals surface area (Å²) in [6.45, 7) is 6.51. The fourth-order valence-corrected chi connectivity index (χ4v) is 7.48. The second kappa shape index (κ2) is 12.0. The van der Waals surface area contributed by atoms with Gasteiger partial charge in [-0.3, -0.25) is 0 Å². The molecule has 0 saturated heterocycles. The molecule has 0 radical (unpaired) electrons. The summed E-state index contributed by atoms with van der Waals surface area (Å²) in [7, 11) is 0. The second-order valence-corrected chi connectivity index (χ2v) is 13.5. The van der Waals surface area contributed by atoms with Crippen molar-refractivity contribution in [3.63, 3.8) is 0 Å². The van der Waals surface area contributed by atoms with Crippen LogP contribution in [0.15, 0.2) is 162 Å². The molecule has 0 unspecified atom stereocenters. The van der Waals surface area contributed by atoms with Crippen LogP contribution in [0.4, 0.5) is 0 Å². The summed E-state index contributed by atoms with van der Waals surface area (Å²) in [4.78, 5) is 4.89. The van der Waals surface area contributed by atoms with E-state index in [0.29, 0.717) is 11.8 Å². The van der Waals surface area contributed by atoms with Crippen molar-refractivity contribution in [3.05, 3.63) is 169 Å². The predicted molar refractivity (Wildman–Crippen MR) is 209 cm³/mol. The molecular weight excluding hydrogens is 609 g/mol. The lowest BCUT2D eigenvalue weighted by Crippen LogP contribution is -1.93. The maximum atomic E-state index is 6.38. The van der Waals surface area contributed by atoms with Crippen LogP contribution < -0.4 is 0 Å². The highest BCUT2D eigenvalue weighted by molar-refractivity contribution is 6.11. The third-order valence-corrected chi connectivity index (χ3v) is 9.87. The molecule has 3 heteroatoms. The number of para-hydroxylation sites is 2. The molecule has 0 spiro atoms. The smallest absolute Gasteiger partial charge is 0.227 e. The van der Waals surface area contributed by atoms with Crippen molar-refractivity contribution in [1.29, 1.82) is 0 Å². The first-order chi connectivity index (χ1) is 24.5. The van der Waals surface area contributed by atoms with Gasteiger partial charge in [0, 0.05) is 22.0 Å². The van der Waals surface area contributed by atoms with Crippen LogP contribution in [0.3, 0.4) is 0 Å². The number of fused-ring (bicyclic) bond motifs is 4. The van der Waals surface area contributed by atoms with Gasteiger partial charge in [0.1, 0.15) is 5.52 Å². The fraction of sp³-hybridized carbons (Fsp3) is 0.0851. The molecule has 9 aromatic rings. The number of rotatable bonds is 6. The minimum absolute atomic E-state index is 0.358. The van der Waals surface area contributed by atoms with Gasteiger partial charge in [-0.2, -0.15) is 0 Å². The van der Waals surface area contributed by atoms with E-state index in [1.54, 1.807) is 0 Å². The minimum Gasteiger partial charge on any atom is -0.436 e. The molecule has 0 aliphatic carbocycles. The van der Waals surface area contributed by atoms with Crippen LogP contribution in [-0.2, 0) is 0 Å². The van der Waals surface area contributed by atoms with Crippen molar-refractivity contribution in [1.82, 2.24) is 9.55 Å². The Morgan fingerprint density at radius 2 is 1.10 bits per heavy atom. The summed E-state index contributed by atoms with van der Waals surface area (Å²) in [6.07, 6.45) is 0. The molecule has 9 rings (SSSR count). The highest BCUT2D eigenvalue weighted by Crippen LogP contribution is 2.41. The monoisotopic (exact) mass is 644 g/mol. The van der Waals surface area contributed by atoms with Gasteiger partial charge in [-0.25, -0.2) is 4.98 Å². The molecule has 2 aromatic heterocycles. The lowest BCUT2D eigenvalue weighted by Gasteiger charge is -2.15. The first-order valence-corrected chi connectivity index (χ1v) is 17.3. The van der Waals surface area contributed by atoms with E-state index in [1.165, 1.54) is 66.4 Å². The van der Waals surface area contributed by atoms with Gasteiger partial charge in [0.2, 0.25) is 5.89 Å². The van der Waals surface area contributed by atoms with Crippen molar-refractivity contribution < 1.29 is 4.42 Å². The fourth-order valence-electron chi connectivity index (χ4n) is 7.48. The molecule has 50 heavy (non-hydrogen) atoms. The highest BCUT2D eigenvalue weighted by atomic mass is 16.3. The van der Waals surface area contributed by atoms with E-state index in [2.05, 4.69) is 183 Å². The van der Waals surface area contributed by atoms with Crippen molar-refractivity contribution in [2.45, 2.75) is 26.7 Å². The van der Waals surface area contributed by atoms with Crippen molar-refractivity contribution in [3.8, 4) is 50.5 Å². The zero-order chi connectivity index (χ0) is 33.8. The molecule has 0 N–H and O–H groups in total. The number of oxazole rings is 1. The molecule has 0 aliphatic rings. The summed E-state index contributed by atoms with van der Waals surface area (Å²) in [5, 5.41) is 2.50. The Bertz CT molecular complexity index is 2680. The molecule has 2 heterocycles. The number of benzene rings is 7. The first-order valence-electron chi connectivity index (χ1n) is 17.3. The van der Waals surface area contributed by atoms with E-state index >= 15 is 0 Å². The predicted octanol–water partition coefficient (Wildman–Crippen LogP) is 13.0. The quantitative estimate of drug-likeness (QED) is 0.180. The molecule has 3 nitrogen and oxygen atoms in total. The molecule has 0 fully saturated rings. The zero-order valence-electron chi connectivity index (χ0n) is 28.4. The molecule has 240 valence electrons. The van der Waals surface area contributed by atoms with E-state index in [-0.39, 0.29) is 0 Å². The van der Waals surface area contributed by atoms with Crippen LogP contribution in [0.1, 0.15) is 30.9 Å². The van der Waals surface area contributed by atoms with E-state index in [1.807, 2.05) is 0 Å². The van der Waals surface area contributed by atoms with Crippen LogP contribution in [-0.4, -0.2) is 9.55 Å². The van der Waals surface area contributed by atoms with Crippen molar-refractivity contribution in [2.75, 3.05) is 0 Å². The number of hydrogen-bond acceptors (Lipinski definition) is 2. The summed E-state index contributed by atoms with van der Waals surface area (Å²) in [5.74, 6) is 1.01. The van der Waals surface area contributed by atoms with Crippen LogP contribution in [0.5, 0.6) is 0 Å². The van der Waals surface area contributed by atoms with Crippen molar-refractivity contribution >= 4 is 32.9 Å². The van der Waals surface area contributed by atoms with Crippen LogP contribution in [0, 0.1) is 6.92 Å². The molecule has 0 bridgehead atoms. The Balaban J connectivity index is 1.12. The van der Waals surface area contributed by atoms with Crippen LogP contribution in [0.2, 0.25) is 0 Å². The lowest BCUT2D eigenvalue weighted by atomic mass is 9.89. The maximum Gasteiger partial charge on any atom is 0.227 e. The second-order valence-electron chi connectivity index (χ2n) is 13.5. The molecular formula is C47H36N2O. The van der Waals surface area contributed by atoms with Crippen LogP contribution in [0.25, 0.3) is 83.4 Å². The topological polar surface area (TPSA) is 31.0 Å². The zero-order valence-corrected chi connectivity index (χ0v) is 28.4. The summed E-state index contributed by atoms with van der Waals surface area (Å²) < 4.78 is 8.74. The number of aryl methyl sites for hydroxylation is 1. The molecule has 7 aromatic carbocycles. The summed E-state index contributed by atoms with van der Waals surface area (Å²) >= 11 is 0. The normalized spacial score (nSPS) is 11.7. The Morgan fingerprint density at radius 3 is 1.82 bits per heavy atom. The molecule has 0 amide bonds. The SMILES string of the molecule is Cc1cc(C(C)C)c2oc(-c3ccc(-c4ccccc4-c4ccccc4-c4ccc5c(c4)c4ccccc4n5-c4ccccc4)cc3)nc2c1. The molecule has 0 aliphatic heterocycles. The third-order valence-electron chi connectivity index (χ3n) is 9.87. The standard InChI is InChI=1S/C47H36N2O/c1-30(2)41-27-31(3)28-43-46(41)50-47(48-43)33-23-21-32(22-24-33)36-15-7-9-17-38(36)39-18-10-8-16-37(39)34-25-26-45-42(29-34)40-19-11-12-20-44(40)49(45)35-13-5-4-6-14-35/h4-30H,1-3H3. The Morgan fingerprint density at radius 1 is 0.520 bits per heavy atom. The molecule has 0 atom stereocenters. The van der Waals surface area contributed by atoms with Gasteiger partial charge in [0.15, 0.2) is 5.58 Å². The van der Waals surface area contributed by atoms with E-state index in [0.717, 1.165) is 22.2 Å². The Hall–Kier alpha value is -6.19. The van der Waals surface area contributed by atoms with E-state index in [4.69, 9.17) is 9.40 Å². The largest absolute Gasteiger partial charge is 0.436 e. The maximum absolute atomic E-state index is 6.38. The van der Waals surface area contributed by atoms with Gasteiger partial charge in [-0.05, 0) is 106 Å². The van der Waals surface area contributed by atoms with E-state index < -0.39 is 0 Å².